The predicted octanol–water partition coefficient (Wildman–Crippen LogP) is 1.65. The molecular weight excluding hydrogens is 253 g/mol. The number of aromatic nitrogens is 3. The standard InChI is InChI=1S/C14H20BN3O2/c1-9-10(2)18-8-11(7-16-12(18)17-9)15-19-13(3,4)14(5,6)20-15/h7-8H,1-6H3. The van der Waals surface area contributed by atoms with Gasteiger partial charge in [0.05, 0.1) is 16.9 Å². The largest absolute Gasteiger partial charge is 0.497 e. The Hall–Kier alpha value is -1.40. The molecule has 3 heterocycles. The van der Waals surface area contributed by atoms with Crippen molar-refractivity contribution in [3.05, 3.63) is 23.8 Å². The fraction of sp³-hybridized carbons (Fsp3) is 0.571. The minimum Gasteiger partial charge on any atom is -0.399 e. The molecule has 0 aliphatic carbocycles. The van der Waals surface area contributed by atoms with Crippen molar-refractivity contribution in [1.29, 1.82) is 0 Å². The molecule has 1 aliphatic heterocycles. The second kappa shape index (κ2) is 4.05. The fourth-order valence-electron chi connectivity index (χ4n) is 2.27. The van der Waals surface area contributed by atoms with Gasteiger partial charge in [-0.3, -0.25) is 4.40 Å². The number of hydrogen-bond donors (Lipinski definition) is 0. The van der Waals surface area contributed by atoms with Crippen molar-refractivity contribution in [2.75, 3.05) is 0 Å². The van der Waals surface area contributed by atoms with Crippen LogP contribution in [0, 0.1) is 13.8 Å². The lowest BCUT2D eigenvalue weighted by Crippen LogP contribution is -2.41. The summed E-state index contributed by atoms with van der Waals surface area (Å²) in [5, 5.41) is 0. The Kier molecular flexibility index (Phi) is 2.75. The minimum atomic E-state index is -0.390. The highest BCUT2D eigenvalue weighted by Gasteiger charge is 2.51. The third-order valence-electron chi connectivity index (χ3n) is 4.50. The molecule has 0 amide bonds. The summed E-state index contributed by atoms with van der Waals surface area (Å²) in [5.74, 6) is 0.709. The minimum absolute atomic E-state index is 0.341. The first-order valence-corrected chi connectivity index (χ1v) is 6.88. The Balaban J connectivity index is 2.02. The molecule has 106 valence electrons. The molecule has 3 rings (SSSR count). The van der Waals surface area contributed by atoms with Gasteiger partial charge in [-0.25, -0.2) is 9.97 Å². The number of nitrogens with zero attached hydrogens (tertiary/aromatic N) is 3. The first-order chi connectivity index (χ1) is 9.21. The molecule has 5 nitrogen and oxygen atoms in total. The first-order valence-electron chi connectivity index (χ1n) is 6.88. The van der Waals surface area contributed by atoms with Crippen LogP contribution in [0.15, 0.2) is 12.4 Å². The van der Waals surface area contributed by atoms with Gasteiger partial charge in [0.15, 0.2) is 0 Å². The summed E-state index contributed by atoms with van der Waals surface area (Å²) in [5.41, 5.74) is 2.31. The molecule has 2 aromatic rings. The lowest BCUT2D eigenvalue weighted by molar-refractivity contribution is 0.00578. The van der Waals surface area contributed by atoms with E-state index in [1.54, 1.807) is 6.20 Å². The van der Waals surface area contributed by atoms with E-state index in [-0.39, 0.29) is 18.3 Å². The van der Waals surface area contributed by atoms with Crippen molar-refractivity contribution in [3.63, 3.8) is 0 Å². The van der Waals surface area contributed by atoms with Gasteiger partial charge in [0.1, 0.15) is 0 Å². The Labute approximate surface area is 119 Å². The van der Waals surface area contributed by atoms with E-state index >= 15 is 0 Å². The smallest absolute Gasteiger partial charge is 0.399 e. The summed E-state index contributed by atoms with van der Waals surface area (Å²) in [6, 6.07) is 0. The Morgan fingerprint density at radius 2 is 1.70 bits per heavy atom. The van der Waals surface area contributed by atoms with Crippen LogP contribution in [0.1, 0.15) is 39.1 Å². The number of aryl methyl sites for hydroxylation is 2. The molecule has 0 radical (unpaired) electrons. The Bertz CT molecular complexity index is 662. The van der Waals surface area contributed by atoms with Gasteiger partial charge in [0, 0.05) is 23.6 Å². The molecule has 0 spiro atoms. The Morgan fingerprint density at radius 3 is 2.30 bits per heavy atom. The van der Waals surface area contributed by atoms with E-state index in [1.165, 1.54) is 0 Å². The lowest BCUT2D eigenvalue weighted by Gasteiger charge is -2.32. The topological polar surface area (TPSA) is 48.7 Å². The third-order valence-corrected chi connectivity index (χ3v) is 4.50. The SMILES string of the molecule is Cc1nc2ncc(B3OC(C)(C)C(C)(C)O3)cn2c1C. The summed E-state index contributed by atoms with van der Waals surface area (Å²) in [6.07, 6.45) is 3.78. The van der Waals surface area contributed by atoms with E-state index < -0.39 is 0 Å². The second-order valence-electron chi connectivity index (χ2n) is 6.43. The summed E-state index contributed by atoms with van der Waals surface area (Å²) < 4.78 is 14.1. The van der Waals surface area contributed by atoms with E-state index in [4.69, 9.17) is 9.31 Å². The molecule has 1 aliphatic rings. The van der Waals surface area contributed by atoms with Crippen LogP contribution in [0.3, 0.4) is 0 Å². The molecule has 20 heavy (non-hydrogen) atoms. The van der Waals surface area contributed by atoms with E-state index in [0.717, 1.165) is 16.9 Å². The van der Waals surface area contributed by atoms with E-state index in [1.807, 2.05) is 52.1 Å². The van der Waals surface area contributed by atoms with Crippen molar-refractivity contribution in [3.8, 4) is 0 Å². The molecule has 6 heteroatoms. The van der Waals surface area contributed by atoms with Crippen LogP contribution < -0.4 is 5.46 Å². The third kappa shape index (κ3) is 1.86. The molecule has 0 N–H and O–H groups in total. The van der Waals surface area contributed by atoms with Crippen LogP contribution in [-0.2, 0) is 9.31 Å². The van der Waals surface area contributed by atoms with Crippen LogP contribution in [0.25, 0.3) is 5.78 Å². The molecule has 0 aromatic carbocycles. The van der Waals surface area contributed by atoms with Gasteiger partial charge in [-0.1, -0.05) is 0 Å². The number of fused-ring (bicyclic) bond motifs is 1. The maximum absolute atomic E-state index is 6.05. The van der Waals surface area contributed by atoms with Gasteiger partial charge in [0.2, 0.25) is 5.78 Å². The van der Waals surface area contributed by atoms with Gasteiger partial charge in [-0.2, -0.15) is 0 Å². The van der Waals surface area contributed by atoms with Crippen LogP contribution in [0.4, 0.5) is 0 Å². The highest BCUT2D eigenvalue weighted by atomic mass is 16.7. The van der Waals surface area contributed by atoms with Gasteiger partial charge in [-0.05, 0) is 41.5 Å². The van der Waals surface area contributed by atoms with Crippen LogP contribution in [0.2, 0.25) is 0 Å². The maximum Gasteiger partial charge on any atom is 0.497 e. The van der Waals surface area contributed by atoms with Gasteiger partial charge < -0.3 is 9.31 Å². The zero-order valence-corrected chi connectivity index (χ0v) is 12.9. The van der Waals surface area contributed by atoms with Crippen LogP contribution in [-0.4, -0.2) is 32.7 Å². The monoisotopic (exact) mass is 273 g/mol. The van der Waals surface area contributed by atoms with Gasteiger partial charge in [0.25, 0.3) is 0 Å². The van der Waals surface area contributed by atoms with Crippen molar-refractivity contribution >= 4 is 18.4 Å². The molecule has 0 unspecified atom stereocenters. The van der Waals surface area contributed by atoms with Gasteiger partial charge >= 0.3 is 7.12 Å². The maximum atomic E-state index is 6.05. The molecular formula is C14H20BN3O2. The fourth-order valence-corrected chi connectivity index (χ4v) is 2.27. The molecule has 0 bridgehead atoms. The van der Waals surface area contributed by atoms with E-state index in [9.17, 15) is 0 Å². The van der Waals surface area contributed by atoms with Gasteiger partial charge in [-0.15, -0.1) is 0 Å². The van der Waals surface area contributed by atoms with Crippen molar-refractivity contribution < 1.29 is 9.31 Å². The molecule has 0 atom stereocenters. The molecule has 2 aromatic heterocycles. The normalized spacial score (nSPS) is 20.8. The molecule has 0 saturated carbocycles. The quantitative estimate of drug-likeness (QED) is 0.741. The van der Waals surface area contributed by atoms with Crippen molar-refractivity contribution in [1.82, 2.24) is 14.4 Å². The number of imidazole rings is 1. The second-order valence-corrected chi connectivity index (χ2v) is 6.43. The van der Waals surface area contributed by atoms with Crippen LogP contribution in [0.5, 0.6) is 0 Å². The number of hydrogen-bond acceptors (Lipinski definition) is 4. The summed E-state index contributed by atoms with van der Waals surface area (Å²) in [6.45, 7) is 12.2. The molecule has 1 saturated heterocycles. The van der Waals surface area contributed by atoms with E-state index in [2.05, 4.69) is 9.97 Å². The summed E-state index contributed by atoms with van der Waals surface area (Å²) >= 11 is 0. The molecule has 1 fully saturated rings. The summed E-state index contributed by atoms with van der Waals surface area (Å²) in [4.78, 5) is 8.80. The Morgan fingerprint density at radius 1 is 1.10 bits per heavy atom. The highest BCUT2D eigenvalue weighted by molar-refractivity contribution is 6.61. The zero-order valence-electron chi connectivity index (χ0n) is 12.9. The van der Waals surface area contributed by atoms with Crippen molar-refractivity contribution in [2.45, 2.75) is 52.7 Å². The lowest BCUT2D eigenvalue weighted by atomic mass is 9.81. The average molecular weight is 273 g/mol. The first kappa shape index (κ1) is 13.6. The predicted molar refractivity (Wildman–Crippen MR) is 78.2 cm³/mol. The number of rotatable bonds is 1. The van der Waals surface area contributed by atoms with E-state index in [0.29, 0.717) is 5.78 Å². The van der Waals surface area contributed by atoms with Crippen LogP contribution >= 0.6 is 0 Å². The highest BCUT2D eigenvalue weighted by Crippen LogP contribution is 2.36. The average Bonchev–Trinajstić information content (AvgIpc) is 2.74. The zero-order chi connectivity index (χ0) is 14.7. The summed E-state index contributed by atoms with van der Waals surface area (Å²) in [7, 11) is -0.390. The van der Waals surface area contributed by atoms with Crippen molar-refractivity contribution in [2.24, 2.45) is 0 Å².